The second-order valence-electron chi connectivity index (χ2n) is 6.44. The highest BCUT2D eigenvalue weighted by molar-refractivity contribution is 5.97. The van der Waals surface area contributed by atoms with Gasteiger partial charge in [-0.1, -0.05) is 30.3 Å². The van der Waals surface area contributed by atoms with Crippen LogP contribution in [0.4, 0.5) is 4.79 Å². The van der Waals surface area contributed by atoms with E-state index in [1.165, 1.54) is 7.05 Å². The first kappa shape index (κ1) is 22.7. The Balaban J connectivity index is 2.21. The third-order valence-electron chi connectivity index (χ3n) is 4.41. The van der Waals surface area contributed by atoms with Crippen LogP contribution in [0.5, 0.6) is 0 Å². The number of amides is 3. The first-order valence-corrected chi connectivity index (χ1v) is 9.39. The Morgan fingerprint density at radius 3 is 2.37 bits per heavy atom. The molecule has 0 saturated carbocycles. The third-order valence-corrected chi connectivity index (χ3v) is 4.41. The Hall–Kier alpha value is -3.62. The molecule has 3 amide bonds. The van der Waals surface area contributed by atoms with E-state index in [0.717, 1.165) is 0 Å². The van der Waals surface area contributed by atoms with Gasteiger partial charge in [-0.25, -0.2) is 9.59 Å². The minimum absolute atomic E-state index is 0.215. The van der Waals surface area contributed by atoms with E-state index < -0.39 is 30.0 Å². The van der Waals surface area contributed by atoms with E-state index in [4.69, 9.17) is 9.47 Å². The van der Waals surface area contributed by atoms with Crippen LogP contribution in [-0.4, -0.2) is 42.1 Å². The van der Waals surface area contributed by atoms with Gasteiger partial charge in [-0.2, -0.15) is 0 Å². The Bertz CT molecular complexity index is 936. The second kappa shape index (κ2) is 10.2. The summed E-state index contributed by atoms with van der Waals surface area (Å²) in [5, 5.41) is 4.39. The van der Waals surface area contributed by atoms with Crippen molar-refractivity contribution >= 4 is 23.9 Å². The molecule has 0 aliphatic heterocycles. The van der Waals surface area contributed by atoms with E-state index in [-0.39, 0.29) is 13.2 Å². The van der Waals surface area contributed by atoms with Crippen LogP contribution < -0.4 is 10.6 Å². The largest absolute Gasteiger partial charge is 0.462 e. The summed E-state index contributed by atoms with van der Waals surface area (Å²) in [5.74, 6) is -1.95. The summed E-state index contributed by atoms with van der Waals surface area (Å²) >= 11 is 0. The summed E-state index contributed by atoms with van der Waals surface area (Å²) in [6, 6.07) is 9.28. The molecule has 1 aromatic heterocycles. The van der Waals surface area contributed by atoms with Crippen molar-refractivity contribution in [3.8, 4) is 0 Å². The normalized spacial score (nSPS) is 11.3. The number of benzene rings is 1. The lowest BCUT2D eigenvalue weighted by Gasteiger charge is -2.18. The van der Waals surface area contributed by atoms with E-state index in [1.807, 2.05) is 0 Å². The highest BCUT2D eigenvalue weighted by Crippen LogP contribution is 2.20. The smallest absolute Gasteiger partial charge is 0.339 e. The number of aromatic nitrogens is 1. The second-order valence-corrected chi connectivity index (χ2v) is 6.44. The molecule has 0 radical (unpaired) electrons. The number of carbonyl (C=O) groups excluding carboxylic acids is 4. The number of carbonyl (C=O) groups is 4. The molecule has 0 fully saturated rings. The van der Waals surface area contributed by atoms with Crippen LogP contribution in [0, 0.1) is 13.8 Å². The molecule has 0 spiro atoms. The first-order chi connectivity index (χ1) is 14.3. The zero-order chi connectivity index (χ0) is 22.3. The highest BCUT2D eigenvalue weighted by Gasteiger charge is 2.27. The summed E-state index contributed by atoms with van der Waals surface area (Å²) in [5.41, 5.74) is 1.99. The Labute approximate surface area is 174 Å². The fraction of sp³-hybridized carbons (Fsp3) is 0.333. The lowest BCUT2D eigenvalue weighted by atomic mass is 10.1. The molecule has 1 atom stereocenters. The molecule has 1 heterocycles. The summed E-state index contributed by atoms with van der Waals surface area (Å²) in [6.45, 7) is 5.18. The van der Waals surface area contributed by atoms with E-state index in [1.54, 1.807) is 61.7 Å². The number of nitrogens with one attached hydrogen (secondary N) is 2. The van der Waals surface area contributed by atoms with Crippen molar-refractivity contribution in [1.29, 1.82) is 0 Å². The van der Waals surface area contributed by atoms with Crippen molar-refractivity contribution in [1.82, 2.24) is 15.2 Å². The standard InChI is InChI=1S/C21H25N3O6/c1-5-29-20(27)16-11-13(2)24(14(16)3)12-17(25)30-18(15-9-7-6-8-10-15)19(26)23-21(28)22-4/h6-11,18H,5,12H2,1-4H3,(H2,22,23,26,28)/t18-/m1/s1. The quantitative estimate of drug-likeness (QED) is 0.669. The van der Waals surface area contributed by atoms with Crippen molar-refractivity contribution in [2.24, 2.45) is 0 Å². The molecule has 2 aromatic rings. The van der Waals surface area contributed by atoms with Gasteiger partial charge < -0.3 is 19.4 Å². The van der Waals surface area contributed by atoms with Gasteiger partial charge in [0.05, 0.1) is 12.2 Å². The Morgan fingerprint density at radius 1 is 1.10 bits per heavy atom. The average molecular weight is 415 g/mol. The van der Waals surface area contributed by atoms with Gasteiger partial charge in [0.25, 0.3) is 5.91 Å². The van der Waals surface area contributed by atoms with Crippen molar-refractivity contribution in [3.63, 3.8) is 0 Å². The predicted octanol–water partition coefficient (Wildman–Crippen LogP) is 2.02. The maximum Gasteiger partial charge on any atom is 0.339 e. The molecule has 2 N–H and O–H groups in total. The number of rotatable bonds is 7. The topological polar surface area (TPSA) is 116 Å². The maximum atomic E-state index is 12.6. The van der Waals surface area contributed by atoms with Gasteiger partial charge in [0.15, 0.2) is 0 Å². The number of hydrogen-bond acceptors (Lipinski definition) is 6. The van der Waals surface area contributed by atoms with Crippen molar-refractivity contribution in [3.05, 3.63) is 58.9 Å². The predicted molar refractivity (Wildman–Crippen MR) is 108 cm³/mol. The first-order valence-electron chi connectivity index (χ1n) is 9.39. The number of nitrogens with zero attached hydrogens (tertiary/aromatic N) is 1. The van der Waals surface area contributed by atoms with Gasteiger partial charge in [0.2, 0.25) is 6.10 Å². The molecule has 0 aliphatic rings. The summed E-state index contributed by atoms with van der Waals surface area (Å²) < 4.78 is 12.0. The van der Waals surface area contributed by atoms with Crippen LogP contribution in [0.15, 0.2) is 36.4 Å². The zero-order valence-corrected chi connectivity index (χ0v) is 17.4. The molecule has 0 aliphatic carbocycles. The number of aryl methyl sites for hydroxylation is 1. The molecular weight excluding hydrogens is 390 g/mol. The monoisotopic (exact) mass is 415 g/mol. The van der Waals surface area contributed by atoms with Crippen molar-refractivity contribution < 1.29 is 28.7 Å². The van der Waals surface area contributed by atoms with E-state index in [0.29, 0.717) is 22.5 Å². The molecule has 9 heteroatoms. The number of ether oxygens (including phenoxy) is 2. The van der Waals surface area contributed by atoms with E-state index >= 15 is 0 Å². The molecule has 0 bridgehead atoms. The van der Waals surface area contributed by atoms with Crippen LogP contribution in [0.1, 0.15) is 40.3 Å². The van der Waals surface area contributed by atoms with Crippen LogP contribution in [0.25, 0.3) is 0 Å². The van der Waals surface area contributed by atoms with Crippen LogP contribution in [-0.2, 0) is 25.6 Å². The number of hydrogen-bond donors (Lipinski definition) is 2. The molecule has 0 unspecified atom stereocenters. The van der Waals surface area contributed by atoms with E-state index in [2.05, 4.69) is 10.6 Å². The number of imide groups is 1. The fourth-order valence-electron chi connectivity index (χ4n) is 2.90. The molecule has 9 nitrogen and oxygen atoms in total. The maximum absolute atomic E-state index is 12.6. The van der Waals surface area contributed by atoms with Gasteiger partial charge in [-0.3, -0.25) is 14.9 Å². The van der Waals surface area contributed by atoms with E-state index in [9.17, 15) is 19.2 Å². The third kappa shape index (κ3) is 5.47. The SMILES string of the molecule is CCOC(=O)c1cc(C)n(CC(=O)O[C@@H](C(=O)NC(=O)NC)c2ccccc2)c1C. The van der Waals surface area contributed by atoms with Gasteiger partial charge in [-0.15, -0.1) is 0 Å². The lowest BCUT2D eigenvalue weighted by molar-refractivity contribution is -0.156. The molecular formula is C21H25N3O6. The summed E-state index contributed by atoms with van der Waals surface area (Å²) in [7, 11) is 1.37. The Morgan fingerprint density at radius 2 is 1.77 bits per heavy atom. The average Bonchev–Trinajstić information content (AvgIpc) is 3.01. The molecule has 1 aromatic carbocycles. The molecule has 2 rings (SSSR count). The summed E-state index contributed by atoms with van der Waals surface area (Å²) in [6.07, 6.45) is -1.31. The minimum Gasteiger partial charge on any atom is -0.462 e. The van der Waals surface area contributed by atoms with Crippen molar-refractivity contribution in [2.45, 2.75) is 33.4 Å². The van der Waals surface area contributed by atoms with Crippen LogP contribution in [0.2, 0.25) is 0 Å². The van der Waals surface area contributed by atoms with Crippen LogP contribution >= 0.6 is 0 Å². The van der Waals surface area contributed by atoms with Crippen LogP contribution in [0.3, 0.4) is 0 Å². The number of urea groups is 1. The zero-order valence-electron chi connectivity index (χ0n) is 17.4. The fourth-order valence-corrected chi connectivity index (χ4v) is 2.90. The Kier molecular flexibility index (Phi) is 7.74. The highest BCUT2D eigenvalue weighted by atomic mass is 16.5. The number of esters is 2. The van der Waals surface area contributed by atoms with Crippen molar-refractivity contribution in [2.75, 3.05) is 13.7 Å². The lowest BCUT2D eigenvalue weighted by Crippen LogP contribution is -2.41. The van der Waals surface area contributed by atoms with Gasteiger partial charge in [-0.05, 0) is 26.8 Å². The summed E-state index contributed by atoms with van der Waals surface area (Å²) in [4.78, 5) is 48.7. The molecule has 160 valence electrons. The van der Waals surface area contributed by atoms with Gasteiger partial charge in [0, 0.05) is 24.0 Å². The minimum atomic E-state index is -1.31. The van der Waals surface area contributed by atoms with Gasteiger partial charge in [0.1, 0.15) is 6.54 Å². The molecule has 0 saturated heterocycles. The van der Waals surface area contributed by atoms with Gasteiger partial charge >= 0.3 is 18.0 Å². The molecule has 30 heavy (non-hydrogen) atoms.